The van der Waals surface area contributed by atoms with Crippen LogP contribution in [-0.4, -0.2) is 47.1 Å². The molecule has 1 N–H and O–H groups in total. The molecule has 1 aromatic carbocycles. The van der Waals surface area contributed by atoms with Crippen molar-refractivity contribution in [2.24, 2.45) is 0 Å². The van der Waals surface area contributed by atoms with Crippen molar-refractivity contribution in [1.29, 1.82) is 0 Å². The molecule has 2 saturated heterocycles. The first-order chi connectivity index (χ1) is 11.1. The van der Waals surface area contributed by atoms with E-state index in [1.54, 1.807) is 24.3 Å². The van der Waals surface area contributed by atoms with E-state index in [-0.39, 0.29) is 30.9 Å². The van der Waals surface area contributed by atoms with E-state index in [0.29, 0.717) is 17.1 Å². The van der Waals surface area contributed by atoms with Crippen molar-refractivity contribution in [3.63, 3.8) is 0 Å². The number of benzene rings is 1. The summed E-state index contributed by atoms with van der Waals surface area (Å²) < 4.78 is 0. The fourth-order valence-corrected chi connectivity index (χ4v) is 3.75. The minimum Gasteiger partial charge on any atom is -0.396 e. The Hall–Kier alpha value is -1.43. The van der Waals surface area contributed by atoms with Crippen LogP contribution in [0.25, 0.3) is 0 Å². The normalized spacial score (nSPS) is 26.1. The van der Waals surface area contributed by atoms with E-state index >= 15 is 0 Å². The van der Waals surface area contributed by atoms with Gasteiger partial charge in [0.1, 0.15) is 0 Å². The zero-order valence-electron chi connectivity index (χ0n) is 12.9. The number of amides is 2. The van der Waals surface area contributed by atoms with Crippen molar-refractivity contribution in [1.82, 2.24) is 4.90 Å². The van der Waals surface area contributed by atoms with Crippen LogP contribution in [0.15, 0.2) is 24.3 Å². The number of piperidine rings is 1. The largest absolute Gasteiger partial charge is 0.396 e. The lowest BCUT2D eigenvalue weighted by atomic mass is 9.97. The first kappa shape index (κ1) is 16.4. The number of hydrogen-bond acceptors (Lipinski definition) is 4. The fourth-order valence-electron chi connectivity index (χ4n) is 3.63. The van der Waals surface area contributed by atoms with Crippen LogP contribution in [0.3, 0.4) is 0 Å². The molecule has 2 heterocycles. The Labute approximate surface area is 140 Å². The Morgan fingerprint density at radius 1 is 1.17 bits per heavy atom. The van der Waals surface area contributed by atoms with Crippen molar-refractivity contribution in [2.45, 2.75) is 44.2 Å². The summed E-state index contributed by atoms with van der Waals surface area (Å²) in [5, 5.41) is 9.82. The third-order valence-electron chi connectivity index (χ3n) is 4.74. The minimum absolute atomic E-state index is 0.108. The number of carbonyl (C=O) groups is 2. The standard InChI is InChI=1S/C17H21ClN2O3/c18-12-4-6-14(7-5-12)20-16(22)11-15(17(20)23)19-9-2-1-3-13(19)8-10-21/h4-7,13,15,21H,1-3,8-11H2/t13-,15-/m0/s1. The van der Waals surface area contributed by atoms with Crippen molar-refractivity contribution in [3.05, 3.63) is 29.3 Å². The average molecular weight is 337 g/mol. The van der Waals surface area contributed by atoms with Gasteiger partial charge >= 0.3 is 0 Å². The van der Waals surface area contributed by atoms with Gasteiger partial charge in [-0.1, -0.05) is 18.0 Å². The molecule has 2 aliphatic rings. The van der Waals surface area contributed by atoms with Gasteiger partial charge in [0.05, 0.1) is 18.2 Å². The van der Waals surface area contributed by atoms with Crippen molar-refractivity contribution < 1.29 is 14.7 Å². The molecule has 0 spiro atoms. The van der Waals surface area contributed by atoms with Gasteiger partial charge < -0.3 is 5.11 Å². The zero-order chi connectivity index (χ0) is 16.4. The Morgan fingerprint density at radius 2 is 1.91 bits per heavy atom. The van der Waals surface area contributed by atoms with Crippen LogP contribution in [0.4, 0.5) is 5.69 Å². The number of hydrogen-bond donors (Lipinski definition) is 1. The first-order valence-corrected chi connectivity index (χ1v) is 8.48. The van der Waals surface area contributed by atoms with Crippen molar-refractivity contribution in [3.8, 4) is 0 Å². The highest BCUT2D eigenvalue weighted by atomic mass is 35.5. The number of imide groups is 1. The van der Waals surface area contributed by atoms with Gasteiger partial charge in [-0.05, 0) is 50.1 Å². The molecular weight excluding hydrogens is 316 g/mol. The maximum absolute atomic E-state index is 12.8. The van der Waals surface area contributed by atoms with E-state index in [1.165, 1.54) is 4.90 Å². The molecule has 0 radical (unpaired) electrons. The number of aliphatic hydroxyl groups is 1. The topological polar surface area (TPSA) is 60.9 Å². The number of nitrogens with zero attached hydrogens (tertiary/aromatic N) is 2. The van der Waals surface area contributed by atoms with E-state index in [4.69, 9.17) is 11.6 Å². The molecule has 2 fully saturated rings. The summed E-state index contributed by atoms with van der Waals surface area (Å²) >= 11 is 5.88. The van der Waals surface area contributed by atoms with Gasteiger partial charge in [-0.2, -0.15) is 0 Å². The van der Waals surface area contributed by atoms with Crippen LogP contribution in [0.5, 0.6) is 0 Å². The molecule has 0 unspecified atom stereocenters. The molecule has 2 aliphatic heterocycles. The maximum atomic E-state index is 12.8. The summed E-state index contributed by atoms with van der Waals surface area (Å²) in [4.78, 5) is 28.6. The van der Waals surface area contributed by atoms with Crippen LogP contribution >= 0.6 is 11.6 Å². The summed E-state index contributed by atoms with van der Waals surface area (Å²) in [6, 6.07) is 6.53. The number of rotatable bonds is 4. The van der Waals surface area contributed by atoms with E-state index in [9.17, 15) is 14.7 Å². The second kappa shape index (κ2) is 6.99. The lowest BCUT2D eigenvalue weighted by molar-refractivity contribution is -0.123. The van der Waals surface area contributed by atoms with Gasteiger partial charge in [0.2, 0.25) is 5.91 Å². The number of aliphatic hydroxyl groups excluding tert-OH is 1. The summed E-state index contributed by atoms with van der Waals surface area (Å²) in [6.45, 7) is 0.916. The van der Waals surface area contributed by atoms with Crippen LogP contribution < -0.4 is 4.90 Å². The quantitative estimate of drug-likeness (QED) is 0.856. The molecule has 3 rings (SSSR count). The van der Waals surface area contributed by atoms with Crippen LogP contribution in [0, 0.1) is 0 Å². The van der Waals surface area contributed by atoms with Crippen molar-refractivity contribution >= 4 is 29.1 Å². The number of carbonyl (C=O) groups excluding carboxylic acids is 2. The summed E-state index contributed by atoms with van der Waals surface area (Å²) in [7, 11) is 0. The molecule has 0 saturated carbocycles. The third-order valence-corrected chi connectivity index (χ3v) is 4.99. The van der Waals surface area contributed by atoms with E-state index in [1.807, 2.05) is 0 Å². The average Bonchev–Trinajstić information content (AvgIpc) is 2.84. The Morgan fingerprint density at radius 3 is 2.61 bits per heavy atom. The van der Waals surface area contributed by atoms with Gasteiger partial charge in [-0.3, -0.25) is 14.5 Å². The van der Waals surface area contributed by atoms with Gasteiger partial charge in [-0.25, -0.2) is 4.90 Å². The smallest absolute Gasteiger partial charge is 0.251 e. The summed E-state index contributed by atoms with van der Waals surface area (Å²) in [5.41, 5.74) is 0.572. The Balaban J connectivity index is 1.81. The monoisotopic (exact) mass is 336 g/mol. The molecule has 124 valence electrons. The highest BCUT2D eigenvalue weighted by molar-refractivity contribution is 6.30. The highest BCUT2D eigenvalue weighted by Gasteiger charge is 2.44. The second-order valence-corrected chi connectivity index (χ2v) is 6.60. The van der Waals surface area contributed by atoms with Crippen molar-refractivity contribution in [2.75, 3.05) is 18.1 Å². The maximum Gasteiger partial charge on any atom is 0.251 e. The second-order valence-electron chi connectivity index (χ2n) is 6.16. The summed E-state index contributed by atoms with van der Waals surface area (Å²) in [5.74, 6) is -0.335. The highest BCUT2D eigenvalue weighted by Crippen LogP contribution is 2.31. The van der Waals surface area contributed by atoms with E-state index in [0.717, 1.165) is 25.8 Å². The van der Waals surface area contributed by atoms with Gasteiger partial charge in [0, 0.05) is 17.7 Å². The lowest BCUT2D eigenvalue weighted by Gasteiger charge is -2.38. The van der Waals surface area contributed by atoms with E-state index < -0.39 is 6.04 Å². The number of halogens is 1. The Bertz CT molecular complexity index is 588. The predicted octanol–water partition coefficient (Wildman–Crippen LogP) is 2.21. The molecule has 23 heavy (non-hydrogen) atoms. The van der Waals surface area contributed by atoms with Gasteiger partial charge in [0.25, 0.3) is 5.91 Å². The minimum atomic E-state index is -0.407. The molecule has 0 aromatic heterocycles. The van der Waals surface area contributed by atoms with Gasteiger partial charge in [0.15, 0.2) is 0 Å². The molecule has 6 heteroatoms. The molecular formula is C17H21ClN2O3. The Kier molecular flexibility index (Phi) is 4.99. The predicted molar refractivity (Wildman–Crippen MR) is 88.4 cm³/mol. The fraction of sp³-hybridized carbons (Fsp3) is 0.529. The zero-order valence-corrected chi connectivity index (χ0v) is 13.7. The molecule has 0 bridgehead atoms. The molecule has 1 aromatic rings. The van der Waals surface area contributed by atoms with E-state index in [2.05, 4.69) is 4.90 Å². The SMILES string of the molecule is O=C1C[C@H](N2CCCC[C@H]2CCO)C(=O)N1c1ccc(Cl)cc1. The number of anilines is 1. The van der Waals surface area contributed by atoms with Crippen LogP contribution in [0.2, 0.25) is 5.02 Å². The lowest BCUT2D eigenvalue weighted by Crippen LogP contribution is -2.50. The summed E-state index contributed by atoms with van der Waals surface area (Å²) in [6.07, 6.45) is 3.97. The van der Waals surface area contributed by atoms with Crippen LogP contribution in [0.1, 0.15) is 32.1 Å². The molecule has 5 nitrogen and oxygen atoms in total. The molecule has 0 aliphatic carbocycles. The molecule has 2 atom stereocenters. The van der Waals surface area contributed by atoms with Gasteiger partial charge in [-0.15, -0.1) is 0 Å². The number of likely N-dealkylation sites (tertiary alicyclic amines) is 1. The van der Waals surface area contributed by atoms with Crippen LogP contribution in [-0.2, 0) is 9.59 Å². The first-order valence-electron chi connectivity index (χ1n) is 8.11. The molecule has 2 amide bonds. The third kappa shape index (κ3) is 3.27.